The van der Waals surface area contributed by atoms with Crippen molar-refractivity contribution >= 4 is 23.1 Å². The maximum atomic E-state index is 11.8. The molecule has 6 heteroatoms. The van der Waals surface area contributed by atoms with Gasteiger partial charge in [0.15, 0.2) is 0 Å². The first-order chi connectivity index (χ1) is 13.1. The number of aromatic nitrogens is 1. The van der Waals surface area contributed by atoms with Crippen molar-refractivity contribution < 1.29 is 9.53 Å². The molecular weight excluding hydrogens is 340 g/mol. The molecule has 3 N–H and O–H groups in total. The number of benzene rings is 2. The van der Waals surface area contributed by atoms with E-state index in [9.17, 15) is 4.79 Å². The van der Waals surface area contributed by atoms with Crippen LogP contribution in [0.2, 0.25) is 0 Å². The van der Waals surface area contributed by atoms with Crippen LogP contribution >= 0.6 is 0 Å². The number of para-hydroxylation sites is 2. The lowest BCUT2D eigenvalue weighted by Crippen LogP contribution is -2.36. The summed E-state index contributed by atoms with van der Waals surface area (Å²) in [6, 6.07) is 18.5. The van der Waals surface area contributed by atoms with Crippen molar-refractivity contribution in [1.82, 2.24) is 4.98 Å². The number of hydrogen-bond acceptors (Lipinski definition) is 5. The number of carbonyl (C=O) groups excluding carboxylic acids is 1. The van der Waals surface area contributed by atoms with Crippen molar-refractivity contribution in [3.63, 3.8) is 0 Å². The zero-order valence-electron chi connectivity index (χ0n) is 14.9. The van der Waals surface area contributed by atoms with E-state index in [4.69, 9.17) is 10.6 Å². The monoisotopic (exact) mass is 360 g/mol. The van der Waals surface area contributed by atoms with Gasteiger partial charge in [-0.05, 0) is 43.3 Å². The first-order valence-electron chi connectivity index (χ1n) is 8.34. The van der Waals surface area contributed by atoms with Gasteiger partial charge in [0, 0.05) is 12.3 Å². The average molecular weight is 360 g/mol. The molecule has 6 nitrogen and oxygen atoms in total. The molecule has 1 aromatic heterocycles. The molecule has 0 atom stereocenters. The highest BCUT2D eigenvalue weighted by Gasteiger charge is 2.13. The molecule has 1 amide bonds. The number of rotatable bonds is 6. The van der Waals surface area contributed by atoms with Crippen molar-refractivity contribution in [2.24, 2.45) is 5.84 Å². The van der Waals surface area contributed by atoms with E-state index in [1.807, 2.05) is 37.3 Å². The molecule has 136 valence electrons. The van der Waals surface area contributed by atoms with E-state index in [1.165, 1.54) is 0 Å². The first kappa shape index (κ1) is 18.2. The summed E-state index contributed by atoms with van der Waals surface area (Å²) in [5, 5.41) is 4.20. The lowest BCUT2D eigenvalue weighted by molar-refractivity contribution is -0.114. The molecule has 0 radical (unpaired) electrons. The van der Waals surface area contributed by atoms with E-state index in [-0.39, 0.29) is 0 Å². The van der Waals surface area contributed by atoms with Gasteiger partial charge in [0.25, 0.3) is 5.91 Å². The molecule has 1 heterocycles. The summed E-state index contributed by atoms with van der Waals surface area (Å²) < 4.78 is 5.86. The molecule has 2 aromatic carbocycles. The highest BCUT2D eigenvalue weighted by atomic mass is 16.5. The highest BCUT2D eigenvalue weighted by molar-refractivity contribution is 6.02. The Kier molecular flexibility index (Phi) is 5.49. The number of ether oxygens (including phenoxy) is 1. The molecular formula is C21H20N4O2. The van der Waals surface area contributed by atoms with E-state index in [2.05, 4.69) is 16.9 Å². The minimum atomic E-state index is -0.409. The molecule has 0 aliphatic heterocycles. The van der Waals surface area contributed by atoms with E-state index in [0.717, 1.165) is 22.4 Å². The predicted octanol–water partition coefficient (Wildman–Crippen LogP) is 4.32. The Bertz CT molecular complexity index is 954. The van der Waals surface area contributed by atoms with Crippen molar-refractivity contribution in [2.45, 2.75) is 6.92 Å². The molecule has 0 saturated carbocycles. The van der Waals surface area contributed by atoms with Gasteiger partial charge >= 0.3 is 0 Å². The minimum absolute atomic E-state index is 0.409. The highest BCUT2D eigenvalue weighted by Crippen LogP contribution is 2.29. The third kappa shape index (κ3) is 4.50. The van der Waals surface area contributed by atoms with Gasteiger partial charge in [0.05, 0.1) is 11.4 Å². The van der Waals surface area contributed by atoms with Gasteiger partial charge in [-0.1, -0.05) is 36.4 Å². The normalized spacial score (nSPS) is 10.1. The zero-order chi connectivity index (χ0) is 19.2. The Morgan fingerprint density at radius 3 is 2.63 bits per heavy atom. The van der Waals surface area contributed by atoms with Crippen LogP contribution in [0.5, 0.6) is 11.5 Å². The average Bonchev–Trinajstić information content (AvgIpc) is 2.69. The first-order valence-corrected chi connectivity index (χ1v) is 8.34. The Hall–Kier alpha value is -3.64. The van der Waals surface area contributed by atoms with E-state index in [0.29, 0.717) is 22.9 Å². The van der Waals surface area contributed by atoms with Crippen molar-refractivity contribution in [3.05, 3.63) is 85.1 Å². The summed E-state index contributed by atoms with van der Waals surface area (Å²) >= 11 is 0. The smallest absolute Gasteiger partial charge is 0.264 e. The topological polar surface area (TPSA) is 80.5 Å². The SMILES string of the molecule is C=CC(=O)N(N)c1ccccc1Nc1cc(Oc2ccc(C)cc2)ccn1. The van der Waals surface area contributed by atoms with Gasteiger partial charge in [-0.25, -0.2) is 15.8 Å². The minimum Gasteiger partial charge on any atom is -0.457 e. The standard InChI is InChI=1S/C21H20N4O2/c1-3-21(26)25(22)19-7-5-4-6-18(19)24-20-14-17(12-13-23-20)27-16-10-8-15(2)9-11-16/h3-14H,1,22H2,2H3,(H,23,24). The number of aryl methyl sites for hydroxylation is 1. The van der Waals surface area contributed by atoms with Crippen LogP contribution < -0.4 is 20.9 Å². The van der Waals surface area contributed by atoms with E-state index < -0.39 is 5.91 Å². The fourth-order valence-corrected chi connectivity index (χ4v) is 2.43. The maximum absolute atomic E-state index is 11.8. The van der Waals surface area contributed by atoms with Crippen LogP contribution in [0.4, 0.5) is 17.2 Å². The number of hydrogen-bond donors (Lipinski definition) is 2. The number of nitrogens with two attached hydrogens (primary N) is 1. The molecule has 0 spiro atoms. The molecule has 0 aliphatic carbocycles. The van der Waals surface area contributed by atoms with Crippen LogP contribution in [0.15, 0.2) is 79.5 Å². The van der Waals surface area contributed by atoms with Gasteiger partial charge in [-0.15, -0.1) is 0 Å². The number of anilines is 3. The van der Waals surface area contributed by atoms with E-state index in [1.54, 1.807) is 36.5 Å². The summed E-state index contributed by atoms with van der Waals surface area (Å²) in [5.74, 6) is 7.41. The van der Waals surface area contributed by atoms with Gasteiger partial charge in [0.2, 0.25) is 0 Å². The van der Waals surface area contributed by atoms with Crippen molar-refractivity contribution in [2.75, 3.05) is 10.3 Å². The Balaban J connectivity index is 1.82. The van der Waals surface area contributed by atoms with Crippen molar-refractivity contribution in [3.8, 4) is 11.5 Å². The number of nitrogens with one attached hydrogen (secondary N) is 1. The van der Waals surface area contributed by atoms with Gasteiger partial charge in [-0.3, -0.25) is 4.79 Å². The van der Waals surface area contributed by atoms with Crippen LogP contribution in [0.3, 0.4) is 0 Å². The second kappa shape index (κ2) is 8.16. The summed E-state index contributed by atoms with van der Waals surface area (Å²) in [6.45, 7) is 5.48. The molecule has 0 fully saturated rings. The second-order valence-electron chi connectivity index (χ2n) is 5.85. The molecule has 0 aliphatic rings. The molecule has 3 rings (SSSR count). The Morgan fingerprint density at radius 2 is 1.89 bits per heavy atom. The Morgan fingerprint density at radius 1 is 1.15 bits per heavy atom. The predicted molar refractivity (Wildman–Crippen MR) is 107 cm³/mol. The largest absolute Gasteiger partial charge is 0.457 e. The van der Waals surface area contributed by atoms with Gasteiger partial charge < -0.3 is 10.1 Å². The maximum Gasteiger partial charge on any atom is 0.264 e. The van der Waals surface area contributed by atoms with Crippen LogP contribution in [-0.4, -0.2) is 10.9 Å². The number of hydrazine groups is 1. The third-order valence-corrected chi connectivity index (χ3v) is 3.83. The molecule has 0 bridgehead atoms. The quantitative estimate of drug-likeness (QED) is 0.296. The lowest BCUT2D eigenvalue weighted by Gasteiger charge is -2.19. The lowest BCUT2D eigenvalue weighted by atomic mass is 10.2. The fraction of sp³-hybridized carbons (Fsp3) is 0.0476. The van der Waals surface area contributed by atoms with Gasteiger partial charge in [-0.2, -0.15) is 0 Å². The van der Waals surface area contributed by atoms with Crippen LogP contribution in [0.1, 0.15) is 5.56 Å². The molecule has 3 aromatic rings. The Labute approximate surface area is 157 Å². The molecule has 0 unspecified atom stereocenters. The summed E-state index contributed by atoms with van der Waals surface area (Å²) in [7, 11) is 0. The number of carbonyl (C=O) groups is 1. The van der Waals surface area contributed by atoms with E-state index >= 15 is 0 Å². The van der Waals surface area contributed by atoms with Crippen LogP contribution in [0.25, 0.3) is 0 Å². The third-order valence-electron chi connectivity index (χ3n) is 3.83. The van der Waals surface area contributed by atoms with Gasteiger partial charge in [0.1, 0.15) is 17.3 Å². The fourth-order valence-electron chi connectivity index (χ4n) is 2.43. The van der Waals surface area contributed by atoms with Crippen LogP contribution in [-0.2, 0) is 4.79 Å². The number of nitrogens with zero attached hydrogens (tertiary/aromatic N) is 2. The summed E-state index contributed by atoms with van der Waals surface area (Å²) in [4.78, 5) is 16.1. The summed E-state index contributed by atoms with van der Waals surface area (Å²) in [5.41, 5.74) is 2.31. The molecule has 27 heavy (non-hydrogen) atoms. The van der Waals surface area contributed by atoms with Crippen LogP contribution in [0, 0.1) is 6.92 Å². The zero-order valence-corrected chi connectivity index (χ0v) is 14.9. The molecule has 0 saturated heterocycles. The van der Waals surface area contributed by atoms with Crippen molar-refractivity contribution in [1.29, 1.82) is 0 Å². The number of amides is 1. The second-order valence-corrected chi connectivity index (χ2v) is 5.85. The number of pyridine rings is 1. The summed E-state index contributed by atoms with van der Waals surface area (Å²) in [6.07, 6.45) is 2.80.